The van der Waals surface area contributed by atoms with Crippen molar-refractivity contribution in [2.24, 2.45) is 11.8 Å². The highest BCUT2D eigenvalue weighted by molar-refractivity contribution is 5.78. The molecule has 1 fully saturated rings. The van der Waals surface area contributed by atoms with Crippen molar-refractivity contribution < 1.29 is 4.79 Å². The molecule has 1 aliphatic rings. The van der Waals surface area contributed by atoms with E-state index < -0.39 is 0 Å². The molecule has 0 bridgehead atoms. The minimum absolute atomic E-state index is 0.120. The van der Waals surface area contributed by atoms with Gasteiger partial charge in [-0.15, -0.1) is 0 Å². The van der Waals surface area contributed by atoms with Crippen LogP contribution in [-0.2, 0) is 4.79 Å². The molecule has 0 aromatic rings. The highest BCUT2D eigenvalue weighted by atomic mass is 16.1. The van der Waals surface area contributed by atoms with E-state index in [0.717, 1.165) is 5.92 Å². The molecule has 0 aliphatic heterocycles. The summed E-state index contributed by atoms with van der Waals surface area (Å²) in [6.45, 7) is 6.16. The van der Waals surface area contributed by atoms with Gasteiger partial charge in [0.05, 0.1) is 0 Å². The zero-order chi connectivity index (χ0) is 11.3. The lowest BCUT2D eigenvalue weighted by Crippen LogP contribution is -2.43. The molecular weight excluding hydrogens is 186 g/mol. The van der Waals surface area contributed by atoms with Crippen LogP contribution in [0.5, 0.6) is 0 Å². The summed E-state index contributed by atoms with van der Waals surface area (Å²) in [6, 6.07) is 0.452. The number of nitrogens with one attached hydrogen (secondary N) is 1. The van der Waals surface area contributed by atoms with Gasteiger partial charge in [-0.2, -0.15) is 0 Å². The van der Waals surface area contributed by atoms with E-state index >= 15 is 0 Å². The number of carbonyl (C=O) groups is 1. The Hall–Kier alpha value is -0.530. The van der Waals surface area contributed by atoms with Gasteiger partial charge in [-0.1, -0.05) is 40.0 Å². The lowest BCUT2D eigenvalue weighted by molar-refractivity contribution is -0.125. The molecule has 88 valence electrons. The molecule has 1 aliphatic carbocycles. The molecule has 15 heavy (non-hydrogen) atoms. The zero-order valence-corrected chi connectivity index (χ0v) is 10.4. The summed E-state index contributed by atoms with van der Waals surface area (Å²) in [4.78, 5) is 11.6. The third-order valence-corrected chi connectivity index (χ3v) is 3.42. The maximum absolute atomic E-state index is 11.6. The summed E-state index contributed by atoms with van der Waals surface area (Å²) in [5.74, 6) is 1.07. The number of hydrogen-bond acceptors (Lipinski definition) is 1. The quantitative estimate of drug-likeness (QED) is 0.760. The average Bonchev–Trinajstić information content (AvgIpc) is 2.21. The Balaban J connectivity index is 2.45. The molecule has 0 unspecified atom stereocenters. The van der Waals surface area contributed by atoms with Crippen LogP contribution >= 0.6 is 0 Å². The van der Waals surface area contributed by atoms with E-state index in [1.54, 1.807) is 0 Å². The van der Waals surface area contributed by atoms with Gasteiger partial charge in [-0.05, 0) is 25.2 Å². The number of carbonyl (C=O) groups excluding carboxylic acids is 1. The minimum Gasteiger partial charge on any atom is -0.353 e. The molecule has 1 saturated carbocycles. The van der Waals surface area contributed by atoms with Gasteiger partial charge in [-0.3, -0.25) is 4.79 Å². The largest absolute Gasteiger partial charge is 0.353 e. The van der Waals surface area contributed by atoms with Crippen molar-refractivity contribution in [3.05, 3.63) is 0 Å². The Labute approximate surface area is 93.8 Å². The van der Waals surface area contributed by atoms with Crippen LogP contribution in [0.25, 0.3) is 0 Å². The number of hydrogen-bond donors (Lipinski definition) is 1. The van der Waals surface area contributed by atoms with Gasteiger partial charge in [0.2, 0.25) is 5.91 Å². The molecule has 0 aromatic carbocycles. The van der Waals surface area contributed by atoms with Crippen molar-refractivity contribution in [2.45, 2.75) is 65.3 Å². The normalized spacial score (nSPS) is 26.7. The van der Waals surface area contributed by atoms with Gasteiger partial charge in [-0.25, -0.2) is 0 Å². The monoisotopic (exact) mass is 211 g/mol. The van der Waals surface area contributed by atoms with Crippen LogP contribution < -0.4 is 5.32 Å². The van der Waals surface area contributed by atoms with E-state index in [2.05, 4.69) is 12.2 Å². The predicted molar refractivity (Wildman–Crippen MR) is 63.6 cm³/mol. The highest BCUT2D eigenvalue weighted by Crippen LogP contribution is 2.28. The molecular formula is C13H25NO. The summed E-state index contributed by atoms with van der Waals surface area (Å²) in [7, 11) is 0. The lowest BCUT2D eigenvalue weighted by Gasteiger charge is -2.32. The minimum atomic E-state index is 0.120. The summed E-state index contributed by atoms with van der Waals surface area (Å²) >= 11 is 0. The highest BCUT2D eigenvalue weighted by Gasteiger charge is 2.26. The van der Waals surface area contributed by atoms with Crippen molar-refractivity contribution >= 4 is 5.91 Å². The molecule has 0 saturated heterocycles. The van der Waals surface area contributed by atoms with Crippen molar-refractivity contribution in [1.29, 1.82) is 0 Å². The summed E-state index contributed by atoms with van der Waals surface area (Å²) in [5, 5.41) is 3.21. The first-order valence-corrected chi connectivity index (χ1v) is 6.45. The molecule has 0 spiro atoms. The summed E-state index contributed by atoms with van der Waals surface area (Å²) in [6.07, 6.45) is 7.61. The smallest absolute Gasteiger partial charge is 0.222 e. The maximum Gasteiger partial charge on any atom is 0.222 e. The van der Waals surface area contributed by atoms with Crippen molar-refractivity contribution in [3.63, 3.8) is 0 Å². The first-order chi connectivity index (χ1) is 7.15. The van der Waals surface area contributed by atoms with Gasteiger partial charge in [0.25, 0.3) is 0 Å². The van der Waals surface area contributed by atoms with Crippen molar-refractivity contribution in [3.8, 4) is 0 Å². The lowest BCUT2D eigenvalue weighted by atomic mass is 9.81. The third kappa shape index (κ3) is 3.84. The Bertz CT molecular complexity index is 199. The fourth-order valence-corrected chi connectivity index (χ4v) is 2.46. The second kappa shape index (κ2) is 6.14. The van der Waals surface area contributed by atoms with Crippen LogP contribution in [0.4, 0.5) is 0 Å². The van der Waals surface area contributed by atoms with Gasteiger partial charge in [0.1, 0.15) is 0 Å². The molecule has 0 heterocycles. The fourth-order valence-electron chi connectivity index (χ4n) is 2.46. The third-order valence-electron chi connectivity index (χ3n) is 3.42. The van der Waals surface area contributed by atoms with E-state index in [-0.39, 0.29) is 11.8 Å². The van der Waals surface area contributed by atoms with E-state index in [9.17, 15) is 4.79 Å². The van der Waals surface area contributed by atoms with Crippen LogP contribution in [0, 0.1) is 11.8 Å². The maximum atomic E-state index is 11.6. The SMILES string of the molecule is CCC[C@@H]1CCCC[C@@H]1NC(=O)C(C)C. The molecule has 1 N–H and O–H groups in total. The Morgan fingerprint density at radius 2 is 2.00 bits per heavy atom. The first kappa shape index (κ1) is 12.5. The standard InChI is InChI=1S/C13H25NO/c1-4-7-11-8-5-6-9-12(11)14-13(15)10(2)3/h10-12H,4-9H2,1-3H3,(H,14,15)/t11-,12+/m1/s1. The van der Waals surface area contributed by atoms with Crippen molar-refractivity contribution in [1.82, 2.24) is 5.32 Å². The van der Waals surface area contributed by atoms with Gasteiger partial charge >= 0.3 is 0 Å². The zero-order valence-electron chi connectivity index (χ0n) is 10.4. The van der Waals surface area contributed by atoms with Gasteiger partial charge < -0.3 is 5.32 Å². The van der Waals surface area contributed by atoms with Crippen LogP contribution in [0.15, 0.2) is 0 Å². The van der Waals surface area contributed by atoms with Crippen LogP contribution in [-0.4, -0.2) is 11.9 Å². The van der Waals surface area contributed by atoms with Crippen LogP contribution in [0.1, 0.15) is 59.3 Å². The molecule has 0 radical (unpaired) electrons. The topological polar surface area (TPSA) is 29.1 Å². The molecule has 2 heteroatoms. The second-order valence-electron chi connectivity index (χ2n) is 5.10. The summed E-state index contributed by atoms with van der Waals surface area (Å²) in [5.41, 5.74) is 0. The summed E-state index contributed by atoms with van der Waals surface area (Å²) < 4.78 is 0. The molecule has 0 aromatic heterocycles. The van der Waals surface area contributed by atoms with E-state index in [1.165, 1.54) is 38.5 Å². The van der Waals surface area contributed by atoms with Gasteiger partial charge in [0.15, 0.2) is 0 Å². The Morgan fingerprint density at radius 1 is 1.33 bits per heavy atom. The van der Waals surface area contributed by atoms with Gasteiger partial charge in [0, 0.05) is 12.0 Å². The number of rotatable bonds is 4. The van der Waals surface area contributed by atoms with Crippen LogP contribution in [0.2, 0.25) is 0 Å². The Kier molecular flexibility index (Phi) is 5.13. The molecule has 1 amide bonds. The Morgan fingerprint density at radius 3 is 2.60 bits per heavy atom. The van der Waals surface area contributed by atoms with E-state index in [1.807, 2.05) is 13.8 Å². The average molecular weight is 211 g/mol. The predicted octanol–water partition coefficient (Wildman–Crippen LogP) is 3.12. The molecule has 2 atom stereocenters. The number of amides is 1. The van der Waals surface area contributed by atoms with Crippen molar-refractivity contribution in [2.75, 3.05) is 0 Å². The fraction of sp³-hybridized carbons (Fsp3) is 0.923. The van der Waals surface area contributed by atoms with E-state index in [4.69, 9.17) is 0 Å². The molecule has 1 rings (SSSR count). The van der Waals surface area contributed by atoms with Crippen LogP contribution in [0.3, 0.4) is 0 Å². The molecule has 2 nitrogen and oxygen atoms in total. The first-order valence-electron chi connectivity index (χ1n) is 6.45. The van der Waals surface area contributed by atoms with E-state index in [0.29, 0.717) is 6.04 Å². The second-order valence-corrected chi connectivity index (χ2v) is 5.10.